The number of fused-ring (bicyclic) bond motifs is 3. The summed E-state index contributed by atoms with van der Waals surface area (Å²) in [6.45, 7) is 8.44. The molecule has 1 aromatic carbocycles. The van der Waals surface area contributed by atoms with Gasteiger partial charge in [-0.1, -0.05) is 30.4 Å². The largest absolute Gasteiger partial charge is 0.453 e. The normalized spacial score (nSPS) is 16.7. The molecule has 4 heteroatoms. The second kappa shape index (κ2) is 7.60. The SMILES string of the molecule is C=CCC(CC=C)C[C@@H]1c2[nH]c3ccccc3c2CCN1C(=O)OC. The van der Waals surface area contributed by atoms with E-state index >= 15 is 0 Å². The molecular formula is C21H26N2O2. The average molecular weight is 338 g/mol. The summed E-state index contributed by atoms with van der Waals surface area (Å²) < 4.78 is 5.04. The zero-order valence-electron chi connectivity index (χ0n) is 14.8. The molecule has 0 aliphatic carbocycles. The second-order valence-electron chi connectivity index (χ2n) is 6.64. The van der Waals surface area contributed by atoms with E-state index in [-0.39, 0.29) is 12.1 Å². The molecule has 3 rings (SSSR count). The Morgan fingerprint density at radius 3 is 2.76 bits per heavy atom. The number of carbonyl (C=O) groups is 1. The molecule has 0 saturated heterocycles. The van der Waals surface area contributed by atoms with E-state index in [1.54, 1.807) is 0 Å². The first kappa shape index (κ1) is 17.3. The van der Waals surface area contributed by atoms with Crippen LogP contribution in [0, 0.1) is 5.92 Å². The third-order valence-corrected chi connectivity index (χ3v) is 5.12. The zero-order valence-corrected chi connectivity index (χ0v) is 14.8. The highest BCUT2D eigenvalue weighted by atomic mass is 16.5. The van der Waals surface area contributed by atoms with Gasteiger partial charge in [-0.3, -0.25) is 4.90 Å². The van der Waals surface area contributed by atoms with Gasteiger partial charge in [0.15, 0.2) is 0 Å². The van der Waals surface area contributed by atoms with Crippen LogP contribution in [0.5, 0.6) is 0 Å². The number of carbonyl (C=O) groups excluding carboxylic acids is 1. The summed E-state index contributed by atoms with van der Waals surface area (Å²) in [6.07, 6.45) is 7.17. The van der Waals surface area contributed by atoms with Crippen molar-refractivity contribution in [3.63, 3.8) is 0 Å². The number of hydrogen-bond donors (Lipinski definition) is 1. The van der Waals surface area contributed by atoms with Crippen LogP contribution in [0.3, 0.4) is 0 Å². The van der Waals surface area contributed by atoms with Crippen LogP contribution >= 0.6 is 0 Å². The van der Waals surface area contributed by atoms with E-state index in [2.05, 4.69) is 36.3 Å². The van der Waals surface area contributed by atoms with E-state index in [1.165, 1.54) is 18.1 Å². The summed E-state index contributed by atoms with van der Waals surface area (Å²) in [4.78, 5) is 17.8. The van der Waals surface area contributed by atoms with Gasteiger partial charge in [0, 0.05) is 23.1 Å². The number of rotatable bonds is 6. The summed E-state index contributed by atoms with van der Waals surface area (Å²) in [5.41, 5.74) is 3.61. The minimum absolute atomic E-state index is 0.00602. The molecule has 4 nitrogen and oxygen atoms in total. The molecule has 1 aliphatic rings. The number of para-hydroxylation sites is 1. The van der Waals surface area contributed by atoms with Gasteiger partial charge >= 0.3 is 6.09 Å². The number of nitrogens with one attached hydrogen (secondary N) is 1. The number of H-pyrrole nitrogens is 1. The number of aromatic nitrogens is 1. The van der Waals surface area contributed by atoms with Gasteiger partial charge in [-0.25, -0.2) is 4.79 Å². The third-order valence-electron chi connectivity index (χ3n) is 5.12. The number of benzene rings is 1. The molecule has 2 heterocycles. The average Bonchev–Trinajstić information content (AvgIpc) is 3.01. The Bertz CT molecular complexity index is 767. The number of ether oxygens (including phenoxy) is 1. The molecule has 0 fully saturated rings. The molecule has 0 unspecified atom stereocenters. The number of hydrogen-bond acceptors (Lipinski definition) is 2. The van der Waals surface area contributed by atoms with Crippen molar-refractivity contribution < 1.29 is 9.53 Å². The molecule has 2 aromatic rings. The van der Waals surface area contributed by atoms with Gasteiger partial charge < -0.3 is 9.72 Å². The Hall–Kier alpha value is -2.49. The first-order chi connectivity index (χ1) is 12.2. The van der Waals surface area contributed by atoms with Crippen LogP contribution < -0.4 is 0 Å². The van der Waals surface area contributed by atoms with Crippen LogP contribution in [0.1, 0.15) is 36.6 Å². The number of aromatic amines is 1. The Morgan fingerprint density at radius 2 is 2.08 bits per heavy atom. The third kappa shape index (κ3) is 3.34. The molecule has 0 saturated carbocycles. The Morgan fingerprint density at radius 1 is 1.36 bits per heavy atom. The maximum Gasteiger partial charge on any atom is 0.410 e. The van der Waals surface area contributed by atoms with Crippen molar-refractivity contribution in [2.75, 3.05) is 13.7 Å². The summed E-state index contributed by atoms with van der Waals surface area (Å²) in [5.74, 6) is 0.407. The molecule has 1 aromatic heterocycles. The summed E-state index contributed by atoms with van der Waals surface area (Å²) in [5, 5.41) is 1.26. The predicted octanol–water partition coefficient (Wildman–Crippen LogP) is 4.99. The van der Waals surface area contributed by atoms with Gasteiger partial charge in [-0.2, -0.15) is 0 Å². The maximum atomic E-state index is 12.3. The van der Waals surface area contributed by atoms with Crippen LogP contribution in [0.25, 0.3) is 10.9 Å². The predicted molar refractivity (Wildman–Crippen MR) is 102 cm³/mol. The Balaban J connectivity index is 2.01. The first-order valence-corrected chi connectivity index (χ1v) is 8.85. The van der Waals surface area contributed by atoms with Gasteiger partial charge in [0.05, 0.1) is 13.2 Å². The summed E-state index contributed by atoms with van der Waals surface area (Å²) in [7, 11) is 1.45. The highest BCUT2D eigenvalue weighted by Crippen LogP contribution is 2.39. The number of amides is 1. The maximum absolute atomic E-state index is 12.3. The van der Waals surface area contributed by atoms with Gasteiger partial charge in [0.1, 0.15) is 0 Å². The molecular weight excluding hydrogens is 312 g/mol. The molecule has 132 valence electrons. The summed E-state index contributed by atoms with van der Waals surface area (Å²) >= 11 is 0. The van der Waals surface area contributed by atoms with Crippen molar-refractivity contribution in [1.29, 1.82) is 0 Å². The fourth-order valence-corrected chi connectivity index (χ4v) is 3.98. The lowest BCUT2D eigenvalue weighted by Gasteiger charge is -2.36. The minimum Gasteiger partial charge on any atom is -0.453 e. The number of nitrogens with zero attached hydrogens (tertiary/aromatic N) is 1. The van der Waals surface area contributed by atoms with Crippen molar-refractivity contribution in [2.45, 2.75) is 31.7 Å². The van der Waals surface area contributed by atoms with Crippen LogP contribution in [-0.4, -0.2) is 29.6 Å². The molecule has 0 radical (unpaired) electrons. The number of methoxy groups -OCH3 is 1. The lowest BCUT2D eigenvalue weighted by atomic mass is 9.87. The Kier molecular flexibility index (Phi) is 5.27. The van der Waals surface area contributed by atoms with E-state index in [0.29, 0.717) is 12.5 Å². The van der Waals surface area contributed by atoms with Crippen molar-refractivity contribution >= 4 is 17.0 Å². The quantitative estimate of drug-likeness (QED) is 0.754. The van der Waals surface area contributed by atoms with Crippen molar-refractivity contribution in [1.82, 2.24) is 9.88 Å². The molecule has 1 aliphatic heterocycles. The molecule has 1 amide bonds. The van der Waals surface area contributed by atoms with E-state index in [9.17, 15) is 4.79 Å². The second-order valence-corrected chi connectivity index (χ2v) is 6.64. The highest BCUT2D eigenvalue weighted by Gasteiger charge is 2.35. The van der Waals surface area contributed by atoms with E-state index in [4.69, 9.17) is 4.74 Å². The fraction of sp³-hybridized carbons (Fsp3) is 0.381. The van der Waals surface area contributed by atoms with Crippen molar-refractivity contribution in [3.05, 3.63) is 60.8 Å². The monoisotopic (exact) mass is 338 g/mol. The van der Waals surface area contributed by atoms with E-state index in [1.807, 2.05) is 23.1 Å². The topological polar surface area (TPSA) is 45.3 Å². The standard InChI is InChI=1S/C21H26N2O2/c1-4-8-15(9-5-2)14-19-20-17(12-13-23(19)21(24)25-3)16-10-6-7-11-18(16)22-20/h4-7,10-11,15,19,22H,1-2,8-9,12-14H2,3H3/t19-/m1/s1. The van der Waals surface area contributed by atoms with Crippen LogP contribution in [0.15, 0.2) is 49.6 Å². The summed E-state index contributed by atoms with van der Waals surface area (Å²) in [6, 6.07) is 8.35. The van der Waals surface area contributed by atoms with Crippen molar-refractivity contribution in [2.24, 2.45) is 5.92 Å². The molecule has 0 bridgehead atoms. The Labute approximate surface area is 149 Å². The molecule has 1 atom stereocenters. The van der Waals surface area contributed by atoms with Crippen LogP contribution in [0.2, 0.25) is 0 Å². The fourth-order valence-electron chi connectivity index (χ4n) is 3.98. The van der Waals surface area contributed by atoms with Crippen molar-refractivity contribution in [3.8, 4) is 0 Å². The van der Waals surface area contributed by atoms with Crippen LogP contribution in [0.4, 0.5) is 4.79 Å². The highest BCUT2D eigenvalue weighted by molar-refractivity contribution is 5.85. The van der Waals surface area contributed by atoms with E-state index in [0.717, 1.165) is 36.9 Å². The minimum atomic E-state index is -0.259. The van der Waals surface area contributed by atoms with Gasteiger partial charge in [-0.05, 0) is 43.2 Å². The number of allylic oxidation sites excluding steroid dienone is 2. The smallest absolute Gasteiger partial charge is 0.410 e. The van der Waals surface area contributed by atoms with Gasteiger partial charge in [0.25, 0.3) is 0 Å². The van der Waals surface area contributed by atoms with E-state index < -0.39 is 0 Å². The van der Waals surface area contributed by atoms with Gasteiger partial charge in [-0.15, -0.1) is 13.2 Å². The molecule has 0 spiro atoms. The van der Waals surface area contributed by atoms with Crippen LogP contribution in [-0.2, 0) is 11.2 Å². The first-order valence-electron chi connectivity index (χ1n) is 8.85. The lowest BCUT2D eigenvalue weighted by molar-refractivity contribution is 0.0925. The molecule has 1 N–H and O–H groups in total. The molecule has 25 heavy (non-hydrogen) atoms. The van der Waals surface area contributed by atoms with Gasteiger partial charge in [0.2, 0.25) is 0 Å². The zero-order chi connectivity index (χ0) is 17.8. The lowest BCUT2D eigenvalue weighted by Crippen LogP contribution is -2.40.